The van der Waals surface area contributed by atoms with E-state index in [0.717, 1.165) is 12.5 Å². The lowest BCUT2D eigenvalue weighted by Crippen LogP contribution is -2.66. The number of esters is 2. The third-order valence-electron chi connectivity index (χ3n) is 4.17. The molecule has 1 aromatic carbocycles. The van der Waals surface area contributed by atoms with Crippen LogP contribution in [0.15, 0.2) is 30.3 Å². The number of ether oxygens (including phenoxy) is 2. The lowest BCUT2D eigenvalue weighted by molar-refractivity contribution is -0.489. The van der Waals surface area contributed by atoms with Crippen molar-refractivity contribution >= 4 is 17.8 Å². The zero-order chi connectivity index (χ0) is 21.2. The quantitative estimate of drug-likeness (QED) is 0.261. The molecule has 0 bridgehead atoms. The summed E-state index contributed by atoms with van der Waals surface area (Å²) in [5.74, 6) is -3.99. The standard InChI is InChI=1S/C19H26N2O7/c1-4-27-17(23)19(20-14(3)22,18(24)28-5-2)16(13-21(25)26)12-11-15-9-7-6-8-10-15/h6-10,16H,4-5,11-13H2,1-3H3,(H,20,22). The van der Waals surface area contributed by atoms with Crippen molar-refractivity contribution in [2.45, 2.75) is 39.2 Å². The van der Waals surface area contributed by atoms with E-state index < -0.39 is 40.8 Å². The topological polar surface area (TPSA) is 125 Å². The van der Waals surface area contributed by atoms with Gasteiger partial charge in [-0.3, -0.25) is 14.9 Å². The van der Waals surface area contributed by atoms with Gasteiger partial charge in [0.25, 0.3) is 0 Å². The van der Waals surface area contributed by atoms with Crippen molar-refractivity contribution in [3.05, 3.63) is 46.0 Å². The Morgan fingerprint density at radius 2 is 1.64 bits per heavy atom. The van der Waals surface area contributed by atoms with Gasteiger partial charge in [0, 0.05) is 11.8 Å². The fourth-order valence-corrected chi connectivity index (χ4v) is 3.00. The van der Waals surface area contributed by atoms with Crippen LogP contribution < -0.4 is 5.32 Å². The highest BCUT2D eigenvalue weighted by atomic mass is 16.6. The smallest absolute Gasteiger partial charge is 0.344 e. The van der Waals surface area contributed by atoms with Gasteiger partial charge in [-0.2, -0.15) is 0 Å². The average Bonchev–Trinajstić information content (AvgIpc) is 2.64. The Morgan fingerprint density at radius 3 is 2.07 bits per heavy atom. The normalized spacial score (nSPS) is 12.0. The van der Waals surface area contributed by atoms with Gasteiger partial charge in [-0.05, 0) is 32.3 Å². The van der Waals surface area contributed by atoms with Crippen molar-refractivity contribution in [2.24, 2.45) is 5.92 Å². The molecule has 9 heteroatoms. The molecule has 0 aliphatic carbocycles. The Labute approximate surface area is 163 Å². The summed E-state index contributed by atoms with van der Waals surface area (Å²) in [7, 11) is 0. The van der Waals surface area contributed by atoms with Crippen LogP contribution >= 0.6 is 0 Å². The van der Waals surface area contributed by atoms with Gasteiger partial charge in [0.1, 0.15) is 0 Å². The molecular weight excluding hydrogens is 368 g/mol. The molecule has 0 spiro atoms. The summed E-state index contributed by atoms with van der Waals surface area (Å²) in [6.07, 6.45) is 0.447. The lowest BCUT2D eigenvalue weighted by Gasteiger charge is -2.34. The molecule has 1 amide bonds. The van der Waals surface area contributed by atoms with Gasteiger partial charge in [0.15, 0.2) is 0 Å². The molecule has 0 aliphatic heterocycles. The number of carbonyl (C=O) groups excluding carboxylic acids is 3. The SMILES string of the molecule is CCOC(=O)C(NC(C)=O)(C(=O)OCC)C(CCc1ccccc1)C[N+](=O)[O-]. The molecule has 0 heterocycles. The van der Waals surface area contributed by atoms with E-state index in [-0.39, 0.29) is 19.6 Å². The van der Waals surface area contributed by atoms with Gasteiger partial charge in [0.05, 0.1) is 19.1 Å². The molecule has 1 aromatic rings. The third-order valence-corrected chi connectivity index (χ3v) is 4.17. The van der Waals surface area contributed by atoms with Gasteiger partial charge < -0.3 is 14.8 Å². The number of nitrogens with one attached hydrogen (secondary N) is 1. The average molecular weight is 394 g/mol. The first kappa shape index (κ1) is 23.1. The second-order valence-electron chi connectivity index (χ2n) is 6.17. The maximum atomic E-state index is 12.8. The summed E-state index contributed by atoms with van der Waals surface area (Å²) in [5, 5.41) is 13.6. The van der Waals surface area contributed by atoms with E-state index in [1.807, 2.05) is 30.3 Å². The van der Waals surface area contributed by atoms with Crippen molar-refractivity contribution in [1.82, 2.24) is 5.32 Å². The Balaban J connectivity index is 3.39. The van der Waals surface area contributed by atoms with Crippen LogP contribution in [0.3, 0.4) is 0 Å². The van der Waals surface area contributed by atoms with E-state index in [9.17, 15) is 24.5 Å². The van der Waals surface area contributed by atoms with E-state index in [1.54, 1.807) is 0 Å². The molecule has 0 saturated carbocycles. The highest BCUT2D eigenvalue weighted by Gasteiger charge is 2.57. The molecule has 9 nitrogen and oxygen atoms in total. The number of hydrogen-bond acceptors (Lipinski definition) is 7. The summed E-state index contributed by atoms with van der Waals surface area (Å²) in [6.45, 7) is 3.34. The van der Waals surface area contributed by atoms with Crippen LogP contribution in [0.5, 0.6) is 0 Å². The molecule has 0 radical (unpaired) electrons. The number of aryl methyl sites for hydroxylation is 1. The highest BCUT2D eigenvalue weighted by molar-refractivity contribution is 6.08. The molecule has 0 aromatic heterocycles. The van der Waals surface area contributed by atoms with Gasteiger partial charge in [-0.25, -0.2) is 9.59 Å². The van der Waals surface area contributed by atoms with Crippen LogP contribution in [0.2, 0.25) is 0 Å². The van der Waals surface area contributed by atoms with E-state index in [0.29, 0.717) is 6.42 Å². The van der Waals surface area contributed by atoms with E-state index >= 15 is 0 Å². The molecule has 1 unspecified atom stereocenters. The van der Waals surface area contributed by atoms with Gasteiger partial charge in [0.2, 0.25) is 18.0 Å². The van der Waals surface area contributed by atoms with E-state index in [2.05, 4.69) is 5.32 Å². The van der Waals surface area contributed by atoms with Crippen molar-refractivity contribution in [1.29, 1.82) is 0 Å². The largest absolute Gasteiger partial charge is 0.464 e. The Kier molecular flexibility index (Phi) is 9.07. The fourth-order valence-electron chi connectivity index (χ4n) is 3.00. The maximum Gasteiger partial charge on any atom is 0.344 e. The van der Waals surface area contributed by atoms with Gasteiger partial charge >= 0.3 is 11.9 Å². The summed E-state index contributed by atoms with van der Waals surface area (Å²) in [5.41, 5.74) is -1.42. The predicted molar refractivity (Wildman–Crippen MR) is 99.9 cm³/mol. The lowest BCUT2D eigenvalue weighted by atomic mass is 9.79. The Bertz CT molecular complexity index is 673. The molecular formula is C19H26N2O7. The fraction of sp³-hybridized carbons (Fsp3) is 0.526. The Hall–Kier alpha value is -2.97. The van der Waals surface area contributed by atoms with Crippen LogP contribution in [0.1, 0.15) is 32.8 Å². The van der Waals surface area contributed by atoms with Gasteiger partial charge in [-0.1, -0.05) is 30.3 Å². The van der Waals surface area contributed by atoms with Crippen molar-refractivity contribution in [3.63, 3.8) is 0 Å². The number of nitrogens with zero attached hydrogens (tertiary/aromatic N) is 1. The van der Waals surface area contributed by atoms with Crippen molar-refractivity contribution in [3.8, 4) is 0 Å². The minimum absolute atomic E-state index is 0.0660. The maximum absolute atomic E-state index is 12.8. The molecule has 154 valence electrons. The first-order valence-electron chi connectivity index (χ1n) is 9.06. The first-order chi connectivity index (χ1) is 13.3. The molecule has 0 saturated heterocycles. The van der Waals surface area contributed by atoms with Crippen LogP contribution in [-0.4, -0.2) is 48.1 Å². The second-order valence-corrected chi connectivity index (χ2v) is 6.17. The summed E-state index contributed by atoms with van der Waals surface area (Å²) in [4.78, 5) is 48.1. The minimum Gasteiger partial charge on any atom is -0.464 e. The molecule has 1 rings (SSSR count). The van der Waals surface area contributed by atoms with Crippen molar-refractivity contribution in [2.75, 3.05) is 19.8 Å². The number of nitro groups is 1. The number of hydrogen-bond donors (Lipinski definition) is 1. The third kappa shape index (κ3) is 6.04. The molecule has 28 heavy (non-hydrogen) atoms. The zero-order valence-corrected chi connectivity index (χ0v) is 16.3. The first-order valence-corrected chi connectivity index (χ1v) is 9.06. The summed E-state index contributed by atoms with van der Waals surface area (Å²) >= 11 is 0. The Morgan fingerprint density at radius 1 is 1.11 bits per heavy atom. The van der Waals surface area contributed by atoms with E-state index in [4.69, 9.17) is 9.47 Å². The minimum atomic E-state index is -2.29. The predicted octanol–water partition coefficient (Wildman–Crippen LogP) is 1.51. The monoisotopic (exact) mass is 394 g/mol. The zero-order valence-electron chi connectivity index (χ0n) is 16.3. The van der Waals surface area contributed by atoms with Crippen LogP contribution in [0, 0.1) is 16.0 Å². The van der Waals surface area contributed by atoms with Crippen molar-refractivity contribution < 1.29 is 28.8 Å². The molecule has 1 N–H and O–H groups in total. The molecule has 0 fully saturated rings. The number of carbonyl (C=O) groups is 3. The molecule has 1 atom stereocenters. The summed E-state index contributed by atoms with van der Waals surface area (Å²) in [6, 6.07) is 9.12. The highest BCUT2D eigenvalue weighted by Crippen LogP contribution is 2.27. The van der Waals surface area contributed by atoms with Gasteiger partial charge in [-0.15, -0.1) is 0 Å². The second kappa shape index (κ2) is 11.0. The van der Waals surface area contributed by atoms with Crippen LogP contribution in [-0.2, 0) is 30.3 Å². The van der Waals surface area contributed by atoms with Crippen LogP contribution in [0.4, 0.5) is 0 Å². The van der Waals surface area contributed by atoms with E-state index in [1.165, 1.54) is 13.8 Å². The number of benzene rings is 1. The molecule has 0 aliphatic rings. The number of rotatable bonds is 11. The number of amides is 1. The summed E-state index contributed by atoms with van der Waals surface area (Å²) < 4.78 is 10.0. The van der Waals surface area contributed by atoms with Crippen LogP contribution in [0.25, 0.3) is 0 Å².